The number of amides is 1. The molecule has 0 aliphatic rings. The summed E-state index contributed by atoms with van der Waals surface area (Å²) >= 11 is 1.62. The minimum absolute atomic E-state index is 0.0233. The van der Waals surface area contributed by atoms with Crippen LogP contribution in [0.5, 0.6) is 0 Å². The molecule has 5 nitrogen and oxygen atoms in total. The molecule has 2 N–H and O–H groups in total. The van der Waals surface area contributed by atoms with Crippen LogP contribution in [0.2, 0.25) is 0 Å². The lowest BCUT2D eigenvalue weighted by Crippen LogP contribution is -2.32. The number of rotatable bonds is 8. The normalized spacial score (nSPS) is 12.1. The molecule has 0 saturated carbocycles. The van der Waals surface area contributed by atoms with Crippen LogP contribution in [0.1, 0.15) is 43.3 Å². The van der Waals surface area contributed by atoms with E-state index in [1.165, 1.54) is 0 Å². The molecule has 0 fully saturated rings. The summed E-state index contributed by atoms with van der Waals surface area (Å²) in [5, 5.41) is 14.4. The zero-order valence-corrected chi connectivity index (χ0v) is 12.1. The van der Waals surface area contributed by atoms with Crippen molar-refractivity contribution in [3.63, 3.8) is 0 Å². The van der Waals surface area contributed by atoms with E-state index in [-0.39, 0.29) is 18.4 Å². The number of aryl methyl sites for hydroxylation is 2. The molecule has 1 aromatic heterocycles. The van der Waals surface area contributed by atoms with Crippen LogP contribution in [0.25, 0.3) is 0 Å². The highest BCUT2D eigenvalue weighted by Crippen LogP contribution is 2.10. The van der Waals surface area contributed by atoms with Crippen LogP contribution in [0, 0.1) is 6.92 Å². The quantitative estimate of drug-likeness (QED) is 0.766. The zero-order chi connectivity index (χ0) is 14.3. The van der Waals surface area contributed by atoms with Crippen LogP contribution in [-0.2, 0) is 16.0 Å². The summed E-state index contributed by atoms with van der Waals surface area (Å²) in [5.74, 6) is -0.857. The molecule has 19 heavy (non-hydrogen) atoms. The van der Waals surface area contributed by atoms with Gasteiger partial charge in [0.15, 0.2) is 0 Å². The Kier molecular flexibility index (Phi) is 6.49. The molecule has 1 rings (SSSR count). The predicted octanol–water partition coefficient (Wildman–Crippen LogP) is 2.14. The van der Waals surface area contributed by atoms with E-state index in [2.05, 4.69) is 10.3 Å². The highest BCUT2D eigenvalue weighted by atomic mass is 32.1. The predicted molar refractivity (Wildman–Crippen MR) is 74.3 cm³/mol. The molecule has 1 aromatic rings. The van der Waals surface area contributed by atoms with Crippen molar-refractivity contribution in [1.29, 1.82) is 0 Å². The smallest absolute Gasteiger partial charge is 0.303 e. The van der Waals surface area contributed by atoms with Gasteiger partial charge in [0, 0.05) is 24.3 Å². The van der Waals surface area contributed by atoms with Gasteiger partial charge in [-0.3, -0.25) is 9.59 Å². The fourth-order valence-electron chi connectivity index (χ4n) is 1.71. The molecule has 0 aromatic carbocycles. The second-order valence-corrected chi connectivity index (χ2v) is 5.67. The summed E-state index contributed by atoms with van der Waals surface area (Å²) in [6.07, 6.45) is 2.57. The van der Waals surface area contributed by atoms with Crippen molar-refractivity contribution < 1.29 is 14.7 Å². The van der Waals surface area contributed by atoms with Crippen molar-refractivity contribution in [1.82, 2.24) is 10.3 Å². The number of hydrogen-bond donors (Lipinski definition) is 2. The Bertz CT molecular complexity index is 431. The zero-order valence-electron chi connectivity index (χ0n) is 11.3. The lowest BCUT2D eigenvalue weighted by molar-refractivity contribution is -0.137. The second kappa shape index (κ2) is 7.89. The number of carbonyl (C=O) groups excluding carboxylic acids is 1. The Hall–Kier alpha value is -1.43. The molecule has 106 valence electrons. The van der Waals surface area contributed by atoms with Gasteiger partial charge in [-0.2, -0.15) is 0 Å². The number of carboxylic acid groups (broad SMARTS) is 1. The first-order valence-corrected chi connectivity index (χ1v) is 7.27. The SMILES string of the molecule is Cc1nc(CCCC(=O)NC(C)CCC(=O)O)cs1. The Labute approximate surface area is 117 Å². The van der Waals surface area contributed by atoms with Crippen molar-refractivity contribution in [3.05, 3.63) is 16.1 Å². The van der Waals surface area contributed by atoms with E-state index in [0.29, 0.717) is 12.8 Å². The van der Waals surface area contributed by atoms with Crippen LogP contribution in [0.4, 0.5) is 0 Å². The van der Waals surface area contributed by atoms with E-state index < -0.39 is 5.97 Å². The van der Waals surface area contributed by atoms with Gasteiger partial charge in [0.2, 0.25) is 5.91 Å². The number of hydrogen-bond acceptors (Lipinski definition) is 4. The molecule has 1 heterocycles. The minimum Gasteiger partial charge on any atom is -0.481 e. The maximum atomic E-state index is 11.6. The minimum atomic E-state index is -0.833. The van der Waals surface area contributed by atoms with Gasteiger partial charge in [-0.15, -0.1) is 11.3 Å². The summed E-state index contributed by atoms with van der Waals surface area (Å²) in [5.41, 5.74) is 1.04. The average molecular weight is 284 g/mol. The van der Waals surface area contributed by atoms with Crippen molar-refractivity contribution in [2.75, 3.05) is 0 Å². The molecule has 0 bridgehead atoms. The average Bonchev–Trinajstić information content (AvgIpc) is 2.72. The number of carbonyl (C=O) groups is 2. The Morgan fingerprint density at radius 2 is 2.21 bits per heavy atom. The van der Waals surface area contributed by atoms with Crippen molar-refractivity contribution in [2.24, 2.45) is 0 Å². The molecule has 0 spiro atoms. The van der Waals surface area contributed by atoms with Gasteiger partial charge in [0.05, 0.1) is 10.7 Å². The lowest BCUT2D eigenvalue weighted by Gasteiger charge is -2.12. The summed E-state index contributed by atoms with van der Waals surface area (Å²) < 4.78 is 0. The molecular weight excluding hydrogens is 264 g/mol. The molecule has 0 radical (unpaired) electrons. The Morgan fingerprint density at radius 1 is 1.47 bits per heavy atom. The van der Waals surface area contributed by atoms with E-state index in [9.17, 15) is 9.59 Å². The third kappa shape index (κ3) is 6.91. The number of aromatic nitrogens is 1. The van der Waals surface area contributed by atoms with E-state index in [1.807, 2.05) is 19.2 Å². The first-order chi connectivity index (χ1) is 8.97. The van der Waals surface area contributed by atoms with Crippen LogP contribution in [0.3, 0.4) is 0 Å². The van der Waals surface area contributed by atoms with E-state index in [0.717, 1.165) is 23.5 Å². The van der Waals surface area contributed by atoms with Crippen molar-refractivity contribution in [2.45, 2.75) is 52.0 Å². The first-order valence-electron chi connectivity index (χ1n) is 6.39. The van der Waals surface area contributed by atoms with Crippen molar-refractivity contribution in [3.8, 4) is 0 Å². The third-order valence-electron chi connectivity index (χ3n) is 2.70. The fourth-order valence-corrected chi connectivity index (χ4v) is 2.36. The van der Waals surface area contributed by atoms with Crippen LogP contribution in [-0.4, -0.2) is 28.0 Å². The van der Waals surface area contributed by atoms with Gasteiger partial charge in [0.25, 0.3) is 0 Å². The first kappa shape index (κ1) is 15.6. The number of thiazole rings is 1. The molecule has 1 amide bonds. The molecular formula is C13H20N2O3S. The largest absolute Gasteiger partial charge is 0.481 e. The number of aliphatic carboxylic acids is 1. The van der Waals surface area contributed by atoms with Gasteiger partial charge < -0.3 is 10.4 Å². The molecule has 6 heteroatoms. The van der Waals surface area contributed by atoms with Gasteiger partial charge in [0.1, 0.15) is 0 Å². The molecule has 0 saturated heterocycles. The molecule has 1 unspecified atom stereocenters. The number of carboxylic acids is 1. The molecule has 0 aliphatic heterocycles. The maximum absolute atomic E-state index is 11.6. The van der Waals surface area contributed by atoms with E-state index >= 15 is 0 Å². The second-order valence-electron chi connectivity index (χ2n) is 4.61. The Morgan fingerprint density at radius 3 is 2.79 bits per heavy atom. The summed E-state index contributed by atoms with van der Waals surface area (Å²) in [7, 11) is 0. The summed E-state index contributed by atoms with van der Waals surface area (Å²) in [6, 6.07) is -0.0925. The Balaban J connectivity index is 2.15. The van der Waals surface area contributed by atoms with Gasteiger partial charge in [-0.1, -0.05) is 0 Å². The van der Waals surface area contributed by atoms with Crippen LogP contribution >= 0.6 is 11.3 Å². The summed E-state index contributed by atoms with van der Waals surface area (Å²) in [6.45, 7) is 3.79. The molecule has 1 atom stereocenters. The highest BCUT2D eigenvalue weighted by molar-refractivity contribution is 7.09. The monoisotopic (exact) mass is 284 g/mol. The number of nitrogens with one attached hydrogen (secondary N) is 1. The van der Waals surface area contributed by atoms with Gasteiger partial charge >= 0.3 is 5.97 Å². The van der Waals surface area contributed by atoms with Gasteiger partial charge in [-0.05, 0) is 33.1 Å². The van der Waals surface area contributed by atoms with E-state index in [4.69, 9.17) is 5.11 Å². The topological polar surface area (TPSA) is 79.3 Å². The standard InChI is InChI=1S/C13H20N2O3S/c1-9(6-7-13(17)18)14-12(16)5-3-4-11-8-19-10(2)15-11/h8-9H,3-7H2,1-2H3,(H,14,16)(H,17,18). The lowest BCUT2D eigenvalue weighted by atomic mass is 10.1. The van der Waals surface area contributed by atoms with Gasteiger partial charge in [-0.25, -0.2) is 4.98 Å². The number of nitrogens with zero attached hydrogens (tertiary/aromatic N) is 1. The van der Waals surface area contributed by atoms with Crippen LogP contribution < -0.4 is 5.32 Å². The fraction of sp³-hybridized carbons (Fsp3) is 0.615. The highest BCUT2D eigenvalue weighted by Gasteiger charge is 2.09. The van der Waals surface area contributed by atoms with Crippen LogP contribution in [0.15, 0.2) is 5.38 Å². The third-order valence-corrected chi connectivity index (χ3v) is 3.52. The van der Waals surface area contributed by atoms with Crippen molar-refractivity contribution >= 4 is 23.2 Å². The maximum Gasteiger partial charge on any atom is 0.303 e. The molecule has 0 aliphatic carbocycles. The summed E-state index contributed by atoms with van der Waals surface area (Å²) in [4.78, 5) is 26.4. The van der Waals surface area contributed by atoms with E-state index in [1.54, 1.807) is 11.3 Å².